The van der Waals surface area contributed by atoms with Gasteiger partial charge in [0.25, 0.3) is 0 Å². The fourth-order valence-corrected chi connectivity index (χ4v) is 7.45. The molecule has 0 aliphatic heterocycles. The van der Waals surface area contributed by atoms with Gasteiger partial charge in [-0.05, 0) is 188 Å². The number of unbranched alkanes of at least 4 members (excludes halogenated alkanes) is 14. The van der Waals surface area contributed by atoms with E-state index in [4.69, 9.17) is 140 Å². The number of nitrogens with zero attached hydrogens (tertiary/aromatic N) is 5. The van der Waals surface area contributed by atoms with Crippen LogP contribution in [0.4, 0.5) is 0 Å². The average Bonchev–Trinajstić information content (AvgIpc) is 2.40. The van der Waals surface area contributed by atoms with Gasteiger partial charge in [-0.1, -0.05) is 51.4 Å². The summed E-state index contributed by atoms with van der Waals surface area (Å²) < 4.78 is 15.0. The Labute approximate surface area is 629 Å². The Morgan fingerprint density at radius 2 is 0.606 bits per heavy atom. The van der Waals surface area contributed by atoms with Crippen LogP contribution in [0.3, 0.4) is 0 Å². The first-order valence-corrected chi connectivity index (χ1v) is 38.1. The Morgan fingerprint density at radius 3 is 0.933 bits per heavy atom. The third-order valence-electron chi connectivity index (χ3n) is 12.9. The highest BCUT2D eigenvalue weighted by molar-refractivity contribution is 5.76. The second kappa shape index (κ2) is 116. The van der Waals surface area contributed by atoms with Crippen molar-refractivity contribution in [3.63, 3.8) is 0 Å². The first kappa shape index (κ1) is 115. The molecule has 49 N–H and O–H groups in total. The van der Waals surface area contributed by atoms with E-state index in [1.165, 1.54) is 101 Å². The molecule has 0 spiro atoms. The number of amidine groups is 1. The number of imidazole rings is 3. The van der Waals surface area contributed by atoms with E-state index >= 15 is 0 Å². The van der Waals surface area contributed by atoms with Crippen LogP contribution in [0.25, 0.3) is 0 Å². The lowest BCUT2D eigenvalue weighted by Crippen LogP contribution is -2.24. The van der Waals surface area contributed by atoms with E-state index in [1.807, 2.05) is 12.4 Å². The normalized spacial score (nSPS) is 9.85. The number of hydrogen-bond acceptors (Lipinski definition) is 28. The molecule has 0 radical (unpaired) electrons. The second-order valence-electron chi connectivity index (χ2n) is 22.9. The number of H-pyrrole nitrogens is 3. The topological polar surface area (TPSA) is 745 Å². The van der Waals surface area contributed by atoms with Gasteiger partial charge in [0.05, 0.1) is 71.0 Å². The Balaban J connectivity index is -0.000000163. The van der Waals surface area contributed by atoms with Crippen molar-refractivity contribution in [2.45, 2.75) is 167 Å². The molecule has 36 heteroatoms. The van der Waals surface area contributed by atoms with Crippen molar-refractivity contribution in [1.29, 1.82) is 5.41 Å². The number of rotatable bonds is 57. The highest BCUT2D eigenvalue weighted by Gasteiger charge is 1.96. The third-order valence-corrected chi connectivity index (χ3v) is 12.9. The Morgan fingerprint density at radius 1 is 0.298 bits per heavy atom. The highest BCUT2D eigenvalue weighted by atomic mass is 16.5. The van der Waals surface area contributed by atoms with Gasteiger partial charge in [-0.2, -0.15) is 0 Å². The van der Waals surface area contributed by atoms with E-state index in [0.717, 1.165) is 168 Å². The van der Waals surface area contributed by atoms with E-state index in [2.05, 4.69) is 55.8 Å². The number of aliphatic imine (C=N–C) groups is 2. The minimum Gasteiger partial charge on any atom is -0.388 e. The van der Waals surface area contributed by atoms with E-state index in [1.54, 1.807) is 25.2 Å². The minimum absolute atomic E-state index is 0.102. The van der Waals surface area contributed by atoms with Crippen molar-refractivity contribution in [3.05, 3.63) is 54.7 Å². The van der Waals surface area contributed by atoms with Crippen molar-refractivity contribution >= 4 is 17.8 Å². The zero-order valence-electron chi connectivity index (χ0n) is 65.1. The van der Waals surface area contributed by atoms with Gasteiger partial charge in [0.15, 0.2) is 11.9 Å². The van der Waals surface area contributed by atoms with Gasteiger partial charge in [-0.25, -0.2) is 15.0 Å². The van der Waals surface area contributed by atoms with Crippen molar-refractivity contribution in [2.24, 2.45) is 130 Å². The summed E-state index contributed by atoms with van der Waals surface area (Å²) in [4.78, 5) is 28.0. The van der Waals surface area contributed by atoms with Crippen LogP contribution in [0.1, 0.15) is 165 Å². The number of aryl methyl sites for hydroxylation is 2. The number of hydrogen-bond donors (Lipinski definition) is 28. The van der Waals surface area contributed by atoms with Gasteiger partial charge in [0, 0.05) is 114 Å². The summed E-state index contributed by atoms with van der Waals surface area (Å²) in [5.41, 5.74) is 113. The van der Waals surface area contributed by atoms with E-state index < -0.39 is 0 Å². The largest absolute Gasteiger partial charge is 0.388 e. The molecule has 0 fully saturated rings. The Kier molecular flexibility index (Phi) is 128. The SMILES string of the molecule is N=C(N)CCCCN.NCCCCCCCCNCCCN.NCCCCCCCN.NCCCCN=C(N)N.NCCCCc1cnc[nH]1.NCCCc1cnc[nH]1.NCCN=C(N)N.NCCNCCCCCNCCN.NCCOCCN.NCCOCCOCCN.NCCc1cnc[nH]1. The first-order valence-electron chi connectivity index (χ1n) is 38.1. The van der Waals surface area contributed by atoms with Gasteiger partial charge in [-0.3, -0.25) is 15.4 Å². The van der Waals surface area contributed by atoms with Crippen LogP contribution in [-0.4, -0.2) is 244 Å². The van der Waals surface area contributed by atoms with E-state index in [9.17, 15) is 0 Å². The van der Waals surface area contributed by atoms with Crippen LogP contribution in [0.2, 0.25) is 0 Å². The molecule has 622 valence electrons. The molecule has 3 aromatic rings. The summed E-state index contributed by atoms with van der Waals surface area (Å²) in [6, 6.07) is 0. The molecule has 0 saturated heterocycles. The summed E-state index contributed by atoms with van der Waals surface area (Å²) in [7, 11) is 0. The molecule has 0 atom stereocenters. The summed E-state index contributed by atoms with van der Waals surface area (Å²) in [5.74, 6) is 0.524. The molecular formula is C68H167N33O3. The number of nitrogens with one attached hydrogen (secondary N) is 7. The molecule has 0 amide bonds. The predicted octanol–water partition coefficient (Wildman–Crippen LogP) is -2.64. The van der Waals surface area contributed by atoms with Gasteiger partial charge in [0.2, 0.25) is 0 Å². The summed E-state index contributed by atoms with van der Waals surface area (Å²) in [6.45, 7) is 22.4. The van der Waals surface area contributed by atoms with E-state index in [0.29, 0.717) is 112 Å². The van der Waals surface area contributed by atoms with Gasteiger partial charge in [-0.15, -0.1) is 0 Å². The summed E-state index contributed by atoms with van der Waals surface area (Å²) in [5, 5.41) is 16.7. The molecule has 3 heterocycles. The maximum atomic E-state index is 6.81. The molecule has 0 saturated carbocycles. The highest BCUT2D eigenvalue weighted by Crippen LogP contribution is 2.04. The maximum absolute atomic E-state index is 6.81. The lowest BCUT2D eigenvalue weighted by molar-refractivity contribution is 0.0538. The minimum atomic E-state index is 0.102. The lowest BCUT2D eigenvalue weighted by Gasteiger charge is -2.03. The Bertz CT molecular complexity index is 1840. The molecule has 0 unspecified atom stereocenters. The number of aromatic nitrogens is 6. The van der Waals surface area contributed by atoms with Gasteiger partial charge in [0.1, 0.15) is 0 Å². The van der Waals surface area contributed by atoms with Gasteiger partial charge < -0.3 is 166 Å². The monoisotopic (exact) mass is 1490 g/mol. The Hall–Kier alpha value is -5.24. The molecule has 3 rings (SSSR count). The molecule has 36 nitrogen and oxygen atoms in total. The summed E-state index contributed by atoms with van der Waals surface area (Å²) >= 11 is 0. The maximum Gasteiger partial charge on any atom is 0.185 e. The number of aromatic amines is 3. The standard InChI is InChI=1S/C11H27N3.C9H24N4.C7H13N3.C7H18N2.C6H11N3.C6H16N2O2.C5H14N4.C5H9N3.C5H13N3.C4H12N2O.C3H10N4/c12-8-5-3-1-2-4-6-10-14-11-7-9-13;10-4-8-12-6-2-1-3-7-13-9-5-11;8-4-2-1-3-7-5-9-6-10-7;8-6-4-2-1-3-5-7-9;7-3-1-2-6-4-8-5-9-6;7-1-3-9-5-6-10-4-2-8;6-3-1-2-4-9-5(7)8;6-2-1-5-3-7-4-8-5;6-4-2-1-3-5(7)8;5-1-3-7-4-2-6;4-1-2-7-3(5)6/h14H,1-13H2;12-13H,1-11H2;5-6H,1-4,8H2,(H,9,10);1-9H2;4-5H,1-3,7H2,(H,8,9);1-8H2;1-4,6H2,(H4,7,8,9);3-4H,1-2,6H2,(H,7,8);1-4,6H2,(H3,7,8);1-6H2;1-2,4H2,(H4,5,6,7). The van der Waals surface area contributed by atoms with Crippen LogP contribution >= 0.6 is 0 Å². The zero-order chi connectivity index (χ0) is 79.2. The van der Waals surface area contributed by atoms with Crippen LogP contribution in [-0.2, 0) is 33.5 Å². The van der Waals surface area contributed by atoms with Crippen molar-refractivity contribution in [2.75, 3.05) is 197 Å². The molecular weight excluding hydrogens is 1330 g/mol. The number of nitrogens with two attached hydrogens (primary N) is 21. The molecule has 104 heavy (non-hydrogen) atoms. The third kappa shape index (κ3) is 136. The van der Waals surface area contributed by atoms with E-state index in [-0.39, 0.29) is 17.8 Å². The lowest BCUT2D eigenvalue weighted by atomic mass is 10.1. The molecule has 0 bridgehead atoms. The molecule has 3 aromatic heterocycles. The molecule has 0 aliphatic rings. The first-order chi connectivity index (χ1) is 50.7. The average molecular weight is 1500 g/mol. The van der Waals surface area contributed by atoms with Crippen molar-refractivity contribution < 1.29 is 14.2 Å². The summed E-state index contributed by atoms with van der Waals surface area (Å²) in [6.07, 6.45) is 40.2. The van der Waals surface area contributed by atoms with Crippen LogP contribution in [0, 0.1) is 5.41 Å². The van der Waals surface area contributed by atoms with Crippen molar-refractivity contribution in [3.8, 4) is 0 Å². The van der Waals surface area contributed by atoms with Crippen molar-refractivity contribution in [1.82, 2.24) is 45.9 Å². The van der Waals surface area contributed by atoms with Crippen LogP contribution < -0.4 is 136 Å². The number of ether oxygens (including phenoxy) is 3. The fourth-order valence-electron chi connectivity index (χ4n) is 7.45. The predicted molar refractivity (Wildman–Crippen MR) is 442 cm³/mol. The smallest absolute Gasteiger partial charge is 0.185 e. The number of guanidine groups is 2. The molecule has 0 aliphatic carbocycles. The quantitative estimate of drug-likeness (QED) is 0.0156. The van der Waals surface area contributed by atoms with Crippen LogP contribution in [0.15, 0.2) is 47.6 Å². The zero-order valence-corrected chi connectivity index (χ0v) is 65.1. The fraction of sp³-hybridized carbons (Fsp3) is 0.824. The van der Waals surface area contributed by atoms with Crippen LogP contribution in [0.5, 0.6) is 0 Å². The second-order valence-corrected chi connectivity index (χ2v) is 22.9. The molecule has 0 aromatic carbocycles. The van der Waals surface area contributed by atoms with Gasteiger partial charge >= 0.3 is 0 Å².